The fourth-order valence-electron chi connectivity index (χ4n) is 3.46. The number of hydrogen-bond donors (Lipinski definition) is 2. The molecule has 0 unspecified atom stereocenters. The van der Waals surface area contributed by atoms with Gasteiger partial charge in [-0.1, -0.05) is 36.4 Å². The van der Waals surface area contributed by atoms with Gasteiger partial charge in [-0.3, -0.25) is 14.6 Å². The summed E-state index contributed by atoms with van der Waals surface area (Å²) in [6.07, 6.45) is 6.14. The predicted octanol–water partition coefficient (Wildman–Crippen LogP) is 4.30. The smallest absolute Gasteiger partial charge is 0.252 e. The molecule has 1 heterocycles. The van der Waals surface area contributed by atoms with E-state index >= 15 is 0 Å². The number of anilines is 1. The highest BCUT2D eigenvalue weighted by atomic mass is 32.2. The maximum Gasteiger partial charge on any atom is 0.252 e. The first-order valence-electron chi connectivity index (χ1n) is 10.8. The molecule has 0 aliphatic rings. The quantitative estimate of drug-likeness (QED) is 0.470. The van der Waals surface area contributed by atoms with E-state index in [0.29, 0.717) is 18.5 Å². The zero-order chi connectivity index (χ0) is 23.6. The van der Waals surface area contributed by atoms with Crippen molar-refractivity contribution in [1.29, 1.82) is 0 Å². The lowest BCUT2D eigenvalue weighted by atomic mass is 9.98. The Kier molecular flexibility index (Phi) is 8.89. The van der Waals surface area contributed by atoms with E-state index in [1.165, 1.54) is 4.90 Å². The summed E-state index contributed by atoms with van der Waals surface area (Å²) < 4.78 is 0. The number of pyridine rings is 1. The molecule has 0 aliphatic carbocycles. The zero-order valence-electron chi connectivity index (χ0n) is 19.2. The van der Waals surface area contributed by atoms with Crippen LogP contribution in [-0.4, -0.2) is 53.8 Å². The SMILES string of the molecule is CSCC[C@H](NC(=O)c1ccc(NCc2cccnc2)cc1-c1ccccc1)C(=O)N(C)C. The van der Waals surface area contributed by atoms with Crippen molar-refractivity contribution in [3.63, 3.8) is 0 Å². The van der Waals surface area contributed by atoms with Crippen molar-refractivity contribution in [3.8, 4) is 11.1 Å². The van der Waals surface area contributed by atoms with E-state index in [9.17, 15) is 9.59 Å². The molecule has 0 bridgehead atoms. The standard InChI is InChI=1S/C26H30N4O2S/c1-30(2)26(32)24(13-15-33-3)29-25(31)22-12-11-21(28-18-19-8-7-14-27-17-19)16-23(22)20-9-5-4-6-10-20/h4-12,14,16-17,24,28H,13,15,18H2,1-3H3,(H,29,31)/t24-/m0/s1. The largest absolute Gasteiger partial charge is 0.381 e. The molecule has 2 amide bonds. The maximum atomic E-state index is 13.3. The highest BCUT2D eigenvalue weighted by Gasteiger charge is 2.24. The molecule has 33 heavy (non-hydrogen) atoms. The van der Waals surface area contributed by atoms with Crippen molar-refractivity contribution >= 4 is 29.3 Å². The number of rotatable bonds is 10. The third-order valence-corrected chi connectivity index (χ3v) is 5.87. The van der Waals surface area contributed by atoms with Crippen LogP contribution in [0.15, 0.2) is 73.1 Å². The average molecular weight is 463 g/mol. The van der Waals surface area contributed by atoms with Gasteiger partial charge in [-0.15, -0.1) is 0 Å². The second-order valence-corrected chi connectivity index (χ2v) is 8.87. The first kappa shape index (κ1) is 24.3. The summed E-state index contributed by atoms with van der Waals surface area (Å²) >= 11 is 1.65. The monoisotopic (exact) mass is 462 g/mol. The Bertz CT molecular complexity index is 1060. The van der Waals surface area contributed by atoms with Crippen LogP contribution < -0.4 is 10.6 Å². The van der Waals surface area contributed by atoms with E-state index in [2.05, 4.69) is 15.6 Å². The summed E-state index contributed by atoms with van der Waals surface area (Å²) in [6.45, 7) is 0.627. The molecule has 1 atom stereocenters. The van der Waals surface area contributed by atoms with Crippen molar-refractivity contribution in [1.82, 2.24) is 15.2 Å². The molecule has 1 aromatic heterocycles. The second-order valence-electron chi connectivity index (χ2n) is 7.88. The molecule has 0 saturated heterocycles. The number of nitrogens with one attached hydrogen (secondary N) is 2. The van der Waals surface area contributed by atoms with Gasteiger partial charge in [0.25, 0.3) is 5.91 Å². The van der Waals surface area contributed by atoms with Gasteiger partial charge in [0.05, 0.1) is 0 Å². The van der Waals surface area contributed by atoms with Crippen molar-refractivity contribution in [2.24, 2.45) is 0 Å². The van der Waals surface area contributed by atoms with Crippen LogP contribution in [-0.2, 0) is 11.3 Å². The van der Waals surface area contributed by atoms with Crippen molar-refractivity contribution < 1.29 is 9.59 Å². The lowest BCUT2D eigenvalue weighted by Crippen LogP contribution is -2.46. The molecule has 3 rings (SSSR count). The van der Waals surface area contributed by atoms with Crippen LogP contribution >= 0.6 is 11.8 Å². The number of carbonyl (C=O) groups is 2. The van der Waals surface area contributed by atoms with E-state index in [1.807, 2.05) is 73.1 Å². The fourth-order valence-corrected chi connectivity index (χ4v) is 3.93. The number of aromatic nitrogens is 1. The summed E-state index contributed by atoms with van der Waals surface area (Å²) in [5.41, 5.74) is 4.25. The fraction of sp³-hybridized carbons (Fsp3) is 0.269. The van der Waals surface area contributed by atoms with E-state index in [1.54, 1.807) is 32.1 Å². The van der Waals surface area contributed by atoms with Gasteiger partial charge in [-0.05, 0) is 59.4 Å². The van der Waals surface area contributed by atoms with Gasteiger partial charge < -0.3 is 15.5 Å². The van der Waals surface area contributed by atoms with E-state index in [4.69, 9.17) is 0 Å². The molecule has 6 nitrogen and oxygen atoms in total. The van der Waals surface area contributed by atoms with E-state index in [-0.39, 0.29) is 11.8 Å². The molecular weight excluding hydrogens is 432 g/mol. The van der Waals surface area contributed by atoms with Gasteiger partial charge in [-0.25, -0.2) is 0 Å². The van der Waals surface area contributed by atoms with Crippen LogP contribution in [0, 0.1) is 0 Å². The Morgan fingerprint density at radius 3 is 2.52 bits per heavy atom. The maximum absolute atomic E-state index is 13.3. The van der Waals surface area contributed by atoms with Crippen LogP contribution in [0.25, 0.3) is 11.1 Å². The summed E-state index contributed by atoms with van der Waals surface area (Å²) in [6, 6.07) is 18.8. The lowest BCUT2D eigenvalue weighted by molar-refractivity contribution is -0.130. The Balaban J connectivity index is 1.87. The molecule has 172 valence electrons. The molecule has 2 N–H and O–H groups in total. The Morgan fingerprint density at radius 1 is 1.06 bits per heavy atom. The third kappa shape index (κ3) is 6.83. The molecule has 3 aromatic rings. The minimum absolute atomic E-state index is 0.103. The third-order valence-electron chi connectivity index (χ3n) is 5.22. The summed E-state index contributed by atoms with van der Waals surface area (Å²) in [7, 11) is 3.41. The number of likely N-dealkylation sites (N-methyl/N-ethyl adjacent to an activating group) is 1. The van der Waals surface area contributed by atoms with E-state index < -0.39 is 6.04 Å². The minimum atomic E-state index is -0.563. The normalized spacial score (nSPS) is 11.5. The summed E-state index contributed by atoms with van der Waals surface area (Å²) in [5, 5.41) is 6.37. The molecule has 2 aromatic carbocycles. The van der Waals surface area contributed by atoms with Crippen molar-refractivity contribution in [2.45, 2.75) is 19.0 Å². The number of amides is 2. The first-order chi connectivity index (χ1) is 16.0. The molecule has 0 saturated carbocycles. The molecule has 0 fully saturated rings. The molecule has 0 spiro atoms. The van der Waals surface area contributed by atoms with Gasteiger partial charge >= 0.3 is 0 Å². The van der Waals surface area contributed by atoms with Crippen LogP contribution in [0.3, 0.4) is 0 Å². The predicted molar refractivity (Wildman–Crippen MR) is 136 cm³/mol. The highest BCUT2D eigenvalue weighted by Crippen LogP contribution is 2.27. The van der Waals surface area contributed by atoms with Crippen LogP contribution in [0.2, 0.25) is 0 Å². The molecule has 7 heteroatoms. The molecular formula is C26H30N4O2S. The van der Waals surface area contributed by atoms with Gasteiger partial charge in [0.2, 0.25) is 5.91 Å². The second kappa shape index (κ2) is 12.1. The number of benzene rings is 2. The summed E-state index contributed by atoms with van der Waals surface area (Å²) in [4.78, 5) is 31.6. The van der Waals surface area contributed by atoms with Crippen LogP contribution in [0.1, 0.15) is 22.3 Å². The first-order valence-corrected chi connectivity index (χ1v) is 12.2. The number of carbonyl (C=O) groups excluding carboxylic acids is 2. The van der Waals surface area contributed by atoms with Crippen molar-refractivity contribution in [3.05, 3.63) is 84.2 Å². The number of nitrogens with zero attached hydrogens (tertiary/aromatic N) is 2. The summed E-state index contributed by atoms with van der Waals surface area (Å²) in [5.74, 6) is 0.426. The molecule has 0 radical (unpaired) electrons. The average Bonchev–Trinajstić information content (AvgIpc) is 2.85. The Labute approximate surface area is 199 Å². The van der Waals surface area contributed by atoms with Crippen LogP contribution in [0.4, 0.5) is 5.69 Å². The van der Waals surface area contributed by atoms with Gasteiger partial charge in [0.1, 0.15) is 6.04 Å². The minimum Gasteiger partial charge on any atom is -0.381 e. The van der Waals surface area contributed by atoms with Crippen LogP contribution in [0.5, 0.6) is 0 Å². The van der Waals surface area contributed by atoms with Gasteiger partial charge in [-0.2, -0.15) is 11.8 Å². The van der Waals surface area contributed by atoms with Gasteiger partial charge in [0, 0.05) is 44.3 Å². The lowest BCUT2D eigenvalue weighted by Gasteiger charge is -2.22. The zero-order valence-corrected chi connectivity index (χ0v) is 20.1. The van der Waals surface area contributed by atoms with E-state index in [0.717, 1.165) is 28.1 Å². The molecule has 0 aliphatic heterocycles. The Hall–Kier alpha value is -3.32. The van der Waals surface area contributed by atoms with Crippen molar-refractivity contribution in [2.75, 3.05) is 31.4 Å². The topological polar surface area (TPSA) is 74.3 Å². The van der Waals surface area contributed by atoms with Gasteiger partial charge in [0.15, 0.2) is 0 Å². The number of hydrogen-bond acceptors (Lipinski definition) is 5. The Morgan fingerprint density at radius 2 is 1.85 bits per heavy atom. The number of thioether (sulfide) groups is 1. The highest BCUT2D eigenvalue weighted by molar-refractivity contribution is 7.98.